The number of nitrogens with one attached hydrogen (secondary N) is 2. The number of hydrogen-bond donors (Lipinski definition) is 4. The minimum Gasteiger partial charge on any atom is -0.748 e. The number of Topliss-reactive ketones (excluding diaryl/α,β-unsaturated/α-hetero) is 1. The Hall–Kier alpha value is -6.70. The zero-order chi connectivity index (χ0) is 66.8. The standard InChI is InChI=1S/C71H95N7O13S2/c1-52-67-63(49-69(2,3)50-64(67)79)78(75-52)56-28-29-57(68(72)80)60(48-56)74-33-17-37-88-39-41-90-43-45-91-44-42-89-40-38-87-36-16-32-73-51-53-22-24-54(25-23-53)55(26-30-65-70(4,5)58-18-8-10-20-61(58)76(65)34-12-14-46-92(81,82)83)27-31-66-71(6,7)59-19-9-11-21-62(59)77(66)35-13-15-47-93(84,85)86/h8-11,18-31,48,73H,12-17,32-47,49-51H2,1-7H3,(H4-,72,74,80,81,82,83,84,85,86). The Balaban J connectivity index is 0.735. The fourth-order valence-electron chi connectivity index (χ4n) is 12.6. The summed E-state index contributed by atoms with van der Waals surface area (Å²) in [6, 6.07) is 30.4. The predicted octanol–water partition coefficient (Wildman–Crippen LogP) is 10.2. The number of primary amides is 1. The van der Waals surface area contributed by atoms with Crippen LogP contribution in [-0.2, 0) is 67.7 Å². The molecule has 3 heterocycles. The predicted molar refractivity (Wildman–Crippen MR) is 364 cm³/mol. The topological polar surface area (TPSA) is 266 Å². The summed E-state index contributed by atoms with van der Waals surface area (Å²) in [5.41, 5.74) is 18.4. The molecule has 93 heavy (non-hydrogen) atoms. The number of allylic oxidation sites excluding steroid dienone is 6. The molecule has 1 aliphatic carbocycles. The molecule has 504 valence electrons. The molecule has 4 aromatic carbocycles. The van der Waals surface area contributed by atoms with E-state index in [1.54, 1.807) is 6.07 Å². The highest BCUT2D eigenvalue weighted by molar-refractivity contribution is 7.85. The number of anilines is 2. The van der Waals surface area contributed by atoms with E-state index < -0.39 is 31.9 Å². The first kappa shape index (κ1) is 72.1. The average molecular weight is 1320 g/mol. The van der Waals surface area contributed by atoms with Gasteiger partial charge in [0.05, 0.1) is 102 Å². The molecule has 1 amide bonds. The summed E-state index contributed by atoms with van der Waals surface area (Å²) < 4.78 is 99.9. The van der Waals surface area contributed by atoms with E-state index in [1.807, 2.05) is 48.0 Å². The Morgan fingerprint density at radius 2 is 1.34 bits per heavy atom. The van der Waals surface area contributed by atoms with Gasteiger partial charge in [-0.1, -0.05) is 94.4 Å². The van der Waals surface area contributed by atoms with E-state index in [2.05, 4.69) is 134 Å². The van der Waals surface area contributed by atoms with Crippen molar-refractivity contribution >= 4 is 60.3 Å². The Labute approximate surface area is 550 Å². The summed E-state index contributed by atoms with van der Waals surface area (Å²) in [6.45, 7) is 22.6. The van der Waals surface area contributed by atoms with Gasteiger partial charge in [0.1, 0.15) is 6.54 Å². The molecule has 5 aromatic rings. The Morgan fingerprint density at radius 1 is 0.731 bits per heavy atom. The van der Waals surface area contributed by atoms with Crippen LogP contribution in [0.4, 0.5) is 17.1 Å². The first-order chi connectivity index (χ1) is 44.3. The number of para-hydroxylation sites is 2. The number of aryl methyl sites for hydroxylation is 1. The summed E-state index contributed by atoms with van der Waals surface area (Å²) in [5.74, 6) is -1.13. The first-order valence-electron chi connectivity index (χ1n) is 32.4. The largest absolute Gasteiger partial charge is 0.748 e. The third-order valence-corrected chi connectivity index (χ3v) is 18.9. The summed E-state index contributed by atoms with van der Waals surface area (Å²) in [6.07, 6.45) is 13.0. The van der Waals surface area contributed by atoms with Crippen LogP contribution in [-0.4, -0.2) is 161 Å². The number of fused-ring (bicyclic) bond motifs is 3. The van der Waals surface area contributed by atoms with Crippen molar-refractivity contribution in [3.8, 4) is 5.69 Å². The van der Waals surface area contributed by atoms with Gasteiger partial charge in [-0.3, -0.25) is 14.1 Å². The van der Waals surface area contributed by atoms with Crippen molar-refractivity contribution in [3.63, 3.8) is 0 Å². The lowest BCUT2D eigenvalue weighted by Gasteiger charge is -2.29. The van der Waals surface area contributed by atoms with Crippen LogP contribution in [0.25, 0.3) is 11.3 Å². The molecule has 0 saturated carbocycles. The van der Waals surface area contributed by atoms with Gasteiger partial charge >= 0.3 is 0 Å². The van der Waals surface area contributed by atoms with Crippen molar-refractivity contribution < 1.29 is 63.8 Å². The number of nitrogens with two attached hydrogens (primary N) is 1. The van der Waals surface area contributed by atoms with Crippen molar-refractivity contribution in [2.24, 2.45) is 11.1 Å². The number of benzene rings is 4. The number of ketones is 1. The van der Waals surface area contributed by atoms with Crippen molar-refractivity contribution in [1.82, 2.24) is 15.1 Å². The zero-order valence-electron chi connectivity index (χ0n) is 55.2. The van der Waals surface area contributed by atoms with E-state index in [4.69, 9.17) is 34.5 Å². The molecule has 20 nitrogen and oxygen atoms in total. The van der Waals surface area contributed by atoms with E-state index in [-0.39, 0.29) is 34.2 Å². The fourth-order valence-corrected chi connectivity index (χ4v) is 13.7. The van der Waals surface area contributed by atoms with E-state index in [0.29, 0.717) is 147 Å². The van der Waals surface area contributed by atoms with Crippen LogP contribution >= 0.6 is 0 Å². The minimum absolute atomic E-state index is 0.107. The third kappa shape index (κ3) is 20.2. The summed E-state index contributed by atoms with van der Waals surface area (Å²) >= 11 is 0. The highest BCUT2D eigenvalue weighted by atomic mass is 32.2. The van der Waals surface area contributed by atoms with Gasteiger partial charge in [0, 0.05) is 91.6 Å². The molecule has 2 aliphatic heterocycles. The van der Waals surface area contributed by atoms with Gasteiger partial charge in [0.2, 0.25) is 5.69 Å². The van der Waals surface area contributed by atoms with Crippen LogP contribution < -0.4 is 21.3 Å². The van der Waals surface area contributed by atoms with Crippen LogP contribution in [0.15, 0.2) is 121 Å². The number of ether oxygens (including phenoxy) is 5. The fraction of sp³-hybridized carbons (Fsp3) is 0.493. The molecular formula is C71H95N7O13S2. The minimum atomic E-state index is -4.33. The molecular weight excluding hydrogens is 1220 g/mol. The van der Waals surface area contributed by atoms with Gasteiger partial charge in [-0.25, -0.2) is 13.1 Å². The molecule has 22 heteroatoms. The molecule has 0 unspecified atom stereocenters. The lowest BCUT2D eigenvalue weighted by molar-refractivity contribution is -0.438. The van der Waals surface area contributed by atoms with E-state index in [0.717, 1.165) is 75.8 Å². The van der Waals surface area contributed by atoms with Gasteiger partial charge in [-0.2, -0.15) is 18.1 Å². The number of rotatable bonds is 39. The maximum absolute atomic E-state index is 13.0. The van der Waals surface area contributed by atoms with Gasteiger partial charge in [-0.05, 0) is 130 Å². The molecule has 8 rings (SSSR count). The van der Waals surface area contributed by atoms with Gasteiger partial charge < -0.3 is 49.5 Å². The summed E-state index contributed by atoms with van der Waals surface area (Å²) in [7, 11) is -8.41. The molecule has 0 bridgehead atoms. The second-order valence-electron chi connectivity index (χ2n) is 25.9. The van der Waals surface area contributed by atoms with Crippen LogP contribution in [0.1, 0.15) is 141 Å². The highest BCUT2D eigenvalue weighted by Crippen LogP contribution is 2.48. The molecule has 3 aliphatic rings. The maximum Gasteiger partial charge on any atom is 0.264 e. The number of aromatic nitrogens is 2. The Bertz CT molecular complexity index is 3740. The average Bonchev–Trinajstić information content (AvgIpc) is 1.62. The van der Waals surface area contributed by atoms with Crippen LogP contribution in [0.3, 0.4) is 0 Å². The molecule has 0 radical (unpaired) electrons. The third-order valence-electron chi connectivity index (χ3n) is 17.3. The number of nitrogens with zero attached hydrogens (tertiary/aromatic N) is 4. The van der Waals surface area contributed by atoms with Crippen molar-refractivity contribution in [2.45, 2.75) is 117 Å². The number of carbonyl (C=O) groups is 2. The second-order valence-corrected chi connectivity index (χ2v) is 29.0. The van der Waals surface area contributed by atoms with Crippen molar-refractivity contribution in [3.05, 3.63) is 166 Å². The van der Waals surface area contributed by atoms with E-state index in [1.165, 1.54) is 5.56 Å². The Kier molecular flexibility index (Phi) is 25.7. The molecule has 1 aromatic heterocycles. The normalized spacial score (nSPS) is 16.4. The van der Waals surface area contributed by atoms with Crippen LogP contribution in [0.5, 0.6) is 0 Å². The van der Waals surface area contributed by atoms with E-state index in [9.17, 15) is 35.5 Å². The summed E-state index contributed by atoms with van der Waals surface area (Å²) in [4.78, 5) is 27.5. The van der Waals surface area contributed by atoms with Gasteiger partial charge in [-0.15, -0.1) is 0 Å². The van der Waals surface area contributed by atoms with Crippen LogP contribution in [0, 0.1) is 12.3 Å². The lowest BCUT2D eigenvalue weighted by atomic mass is 9.75. The Morgan fingerprint density at radius 3 is 1.99 bits per heavy atom. The van der Waals surface area contributed by atoms with Gasteiger partial charge in [0.25, 0.3) is 16.0 Å². The number of carbonyl (C=O) groups excluding carboxylic acids is 2. The SMILES string of the molecule is Cc1nn(-c2ccc(C(N)=O)c(NCCCOCCOCCOCCOCCOCCCNCc3ccc(C(=C\C=C4\N(CCCCS(=O)(=O)[O-])c5ccccc5C4(C)C)/C=C/C4=[N+](CCCCS(=O)(=O)O)c5ccccc5C4(C)C)cc3)c2)c2c1C(=O)CC(C)(C)C2. The highest BCUT2D eigenvalue weighted by Gasteiger charge is 2.44. The summed E-state index contributed by atoms with van der Waals surface area (Å²) in [5, 5.41) is 11.6. The lowest BCUT2D eigenvalue weighted by Crippen LogP contribution is -2.28. The number of hydrogen-bond acceptors (Lipinski definition) is 16. The van der Waals surface area contributed by atoms with Gasteiger partial charge in [0.15, 0.2) is 11.5 Å². The molecule has 0 saturated heterocycles. The first-order valence-corrected chi connectivity index (χ1v) is 35.6. The van der Waals surface area contributed by atoms with Crippen LogP contribution in [0.2, 0.25) is 0 Å². The molecule has 0 atom stereocenters. The maximum atomic E-state index is 13.0. The van der Waals surface area contributed by atoms with E-state index >= 15 is 0 Å². The molecule has 0 spiro atoms. The van der Waals surface area contributed by atoms with Crippen molar-refractivity contribution in [1.29, 1.82) is 0 Å². The monoisotopic (exact) mass is 1320 g/mol. The molecule has 5 N–H and O–H groups in total. The quantitative estimate of drug-likeness (QED) is 0.0123. The molecule has 0 fully saturated rings. The smallest absolute Gasteiger partial charge is 0.264 e. The second kappa shape index (κ2) is 33.1. The number of amides is 1. The number of unbranched alkanes of at least 4 members (excludes halogenated alkanes) is 2. The van der Waals surface area contributed by atoms with Crippen molar-refractivity contribution in [2.75, 3.05) is 114 Å². The zero-order valence-corrected chi connectivity index (χ0v) is 56.8.